The van der Waals surface area contributed by atoms with Crippen molar-refractivity contribution in [3.63, 3.8) is 0 Å². The Morgan fingerprint density at radius 3 is 1.30 bits per heavy atom. The SMILES string of the molecule is COc1ccc(Cn2nnc(-c3cnn(-c4ccc(C)c(C)c4)c3SSc3c(-c4nnn(Cc5ccc(OC)cc5)n4)cnn3-c3ccc(C)c(C)c3)n2)cc1. The Balaban J connectivity index is 1.16. The van der Waals surface area contributed by atoms with Gasteiger partial charge in [-0.25, -0.2) is 9.36 Å². The van der Waals surface area contributed by atoms with Crippen LogP contribution in [0.5, 0.6) is 11.5 Å². The zero-order valence-corrected chi connectivity index (χ0v) is 33.3. The third-order valence-corrected chi connectivity index (χ3v) is 11.9. The number of tetrazole rings is 2. The fourth-order valence-corrected chi connectivity index (χ4v) is 8.44. The van der Waals surface area contributed by atoms with E-state index in [0.717, 1.165) is 66.3 Å². The molecule has 0 unspecified atom stereocenters. The van der Waals surface area contributed by atoms with Crippen molar-refractivity contribution < 1.29 is 9.47 Å². The van der Waals surface area contributed by atoms with Crippen LogP contribution in [0.15, 0.2) is 107 Å². The Morgan fingerprint density at radius 1 is 0.518 bits per heavy atom. The zero-order chi connectivity index (χ0) is 38.8. The molecule has 4 aromatic heterocycles. The molecule has 0 N–H and O–H groups in total. The number of aromatic nitrogens is 12. The van der Waals surface area contributed by atoms with Gasteiger partial charge in [-0.15, -0.1) is 20.4 Å². The van der Waals surface area contributed by atoms with Gasteiger partial charge < -0.3 is 9.47 Å². The van der Waals surface area contributed by atoms with E-state index in [1.165, 1.54) is 32.7 Å². The second-order valence-corrected chi connectivity index (χ2v) is 15.3. The monoisotopic (exact) mass is 782 g/mol. The average molecular weight is 783 g/mol. The van der Waals surface area contributed by atoms with Gasteiger partial charge in [-0.2, -0.15) is 19.8 Å². The van der Waals surface area contributed by atoms with Crippen LogP contribution in [0.4, 0.5) is 0 Å². The molecule has 4 heterocycles. The van der Waals surface area contributed by atoms with Crippen molar-refractivity contribution in [3.8, 4) is 45.6 Å². The highest BCUT2D eigenvalue weighted by Crippen LogP contribution is 2.46. The van der Waals surface area contributed by atoms with Crippen molar-refractivity contribution >= 4 is 21.6 Å². The number of rotatable bonds is 13. The summed E-state index contributed by atoms with van der Waals surface area (Å²) >= 11 is 0. The Morgan fingerprint density at radius 2 is 0.929 bits per heavy atom. The standard InChI is InChI=1S/C40H38N12O2S2/c1-25-7-13-31(19-27(25)3)51-39(35(21-41-51)37-43-47-49(45-37)23-29-9-15-33(53-5)16-10-29)55-56-40-36(22-42-52(40)32-14-8-26(2)28(4)20-32)38-44-48-50(46-38)24-30-11-17-34(54-6)18-12-30/h7-22H,23-24H2,1-6H3. The van der Waals surface area contributed by atoms with Crippen LogP contribution in [0.2, 0.25) is 0 Å². The molecule has 0 saturated carbocycles. The van der Waals surface area contributed by atoms with E-state index in [1.54, 1.807) is 36.2 Å². The molecule has 0 bridgehead atoms. The number of hydrogen-bond acceptors (Lipinski definition) is 12. The molecular formula is C40H38N12O2S2. The third kappa shape index (κ3) is 7.65. The molecule has 14 nitrogen and oxygen atoms in total. The van der Waals surface area contributed by atoms with E-state index in [1.807, 2.05) is 57.9 Å². The van der Waals surface area contributed by atoms with Crippen LogP contribution >= 0.6 is 21.6 Å². The molecule has 0 aliphatic heterocycles. The predicted molar refractivity (Wildman–Crippen MR) is 216 cm³/mol. The Kier molecular flexibility index (Phi) is 10.4. The Labute approximate surface area is 331 Å². The summed E-state index contributed by atoms with van der Waals surface area (Å²) in [7, 11) is 6.35. The maximum Gasteiger partial charge on any atom is 0.209 e. The average Bonchev–Trinajstić information content (AvgIpc) is 4.04. The molecule has 8 rings (SSSR count). The Hall–Kier alpha value is -6.26. The first-order chi connectivity index (χ1) is 27.3. The van der Waals surface area contributed by atoms with Gasteiger partial charge >= 0.3 is 0 Å². The number of nitrogens with zero attached hydrogens (tertiary/aromatic N) is 12. The third-order valence-electron chi connectivity index (χ3n) is 9.47. The predicted octanol–water partition coefficient (Wildman–Crippen LogP) is 7.51. The van der Waals surface area contributed by atoms with Gasteiger partial charge in [-0.3, -0.25) is 0 Å². The number of methoxy groups -OCH3 is 2. The highest BCUT2D eigenvalue weighted by molar-refractivity contribution is 8.76. The van der Waals surface area contributed by atoms with Crippen LogP contribution in [-0.4, -0.2) is 74.2 Å². The first kappa shape index (κ1) is 36.7. The smallest absolute Gasteiger partial charge is 0.209 e. The van der Waals surface area contributed by atoms with E-state index in [4.69, 9.17) is 29.9 Å². The number of aryl methyl sites for hydroxylation is 4. The lowest BCUT2D eigenvalue weighted by atomic mass is 10.1. The molecule has 282 valence electrons. The molecule has 4 aromatic carbocycles. The molecule has 0 aliphatic carbocycles. The Bertz CT molecular complexity index is 2450. The molecule has 0 saturated heterocycles. The lowest BCUT2D eigenvalue weighted by Crippen LogP contribution is -2.04. The summed E-state index contributed by atoms with van der Waals surface area (Å²) in [6.07, 6.45) is 3.58. The van der Waals surface area contributed by atoms with Crippen molar-refractivity contribution in [2.24, 2.45) is 0 Å². The molecule has 0 fully saturated rings. The van der Waals surface area contributed by atoms with Crippen LogP contribution < -0.4 is 9.47 Å². The lowest BCUT2D eigenvalue weighted by molar-refractivity contribution is 0.414. The topological polar surface area (TPSA) is 141 Å². The second-order valence-electron chi connectivity index (χ2n) is 13.2. The van der Waals surface area contributed by atoms with Gasteiger partial charge in [0.2, 0.25) is 11.6 Å². The summed E-state index contributed by atoms with van der Waals surface area (Å²) < 4.78 is 14.5. The number of hydrogen-bond donors (Lipinski definition) is 0. The summed E-state index contributed by atoms with van der Waals surface area (Å²) in [5.74, 6) is 2.50. The fraction of sp³-hybridized carbons (Fsp3) is 0.200. The molecular weight excluding hydrogens is 745 g/mol. The maximum atomic E-state index is 5.32. The van der Waals surface area contributed by atoms with Crippen LogP contribution in [0.3, 0.4) is 0 Å². The van der Waals surface area contributed by atoms with Crippen LogP contribution in [0.25, 0.3) is 34.2 Å². The van der Waals surface area contributed by atoms with Gasteiger partial charge in [-0.1, -0.05) is 36.4 Å². The molecule has 8 aromatic rings. The minimum atomic E-state index is 0.449. The molecule has 0 atom stereocenters. The maximum absolute atomic E-state index is 5.32. The quantitative estimate of drug-likeness (QED) is 0.107. The summed E-state index contributed by atoms with van der Waals surface area (Å²) in [6, 6.07) is 28.2. The number of benzene rings is 4. The molecule has 16 heteroatoms. The van der Waals surface area contributed by atoms with Gasteiger partial charge in [0.05, 0.1) is 62.2 Å². The molecule has 0 amide bonds. The van der Waals surface area contributed by atoms with E-state index < -0.39 is 0 Å². The molecule has 0 aliphatic rings. The minimum Gasteiger partial charge on any atom is -0.497 e. The highest BCUT2D eigenvalue weighted by atomic mass is 33.1. The van der Waals surface area contributed by atoms with Crippen molar-refractivity contribution in [3.05, 3.63) is 131 Å². The lowest BCUT2D eigenvalue weighted by Gasteiger charge is -2.12. The minimum absolute atomic E-state index is 0.449. The van der Waals surface area contributed by atoms with Crippen molar-refractivity contribution in [2.75, 3.05) is 14.2 Å². The molecule has 0 radical (unpaired) electrons. The van der Waals surface area contributed by atoms with Crippen molar-refractivity contribution in [2.45, 2.75) is 50.8 Å². The van der Waals surface area contributed by atoms with Gasteiger partial charge in [0, 0.05) is 0 Å². The van der Waals surface area contributed by atoms with E-state index >= 15 is 0 Å². The van der Waals surface area contributed by atoms with E-state index in [2.05, 4.69) is 84.7 Å². The van der Waals surface area contributed by atoms with Gasteiger partial charge in [0.1, 0.15) is 21.6 Å². The summed E-state index contributed by atoms with van der Waals surface area (Å²) in [5, 5.41) is 38.7. The van der Waals surface area contributed by atoms with E-state index in [0.29, 0.717) is 24.7 Å². The summed E-state index contributed by atoms with van der Waals surface area (Å²) in [4.78, 5) is 3.17. The van der Waals surface area contributed by atoms with Gasteiger partial charge in [0.25, 0.3) is 0 Å². The highest BCUT2D eigenvalue weighted by Gasteiger charge is 2.24. The first-order valence-electron chi connectivity index (χ1n) is 17.7. The first-order valence-corrected chi connectivity index (χ1v) is 19.9. The van der Waals surface area contributed by atoms with E-state index in [9.17, 15) is 0 Å². The number of ether oxygens (including phenoxy) is 2. The molecule has 56 heavy (non-hydrogen) atoms. The van der Waals surface area contributed by atoms with Crippen LogP contribution in [0.1, 0.15) is 33.4 Å². The van der Waals surface area contributed by atoms with E-state index in [-0.39, 0.29) is 0 Å². The zero-order valence-electron chi connectivity index (χ0n) is 31.7. The summed E-state index contributed by atoms with van der Waals surface area (Å²) in [5.41, 5.74) is 10.1. The normalized spacial score (nSPS) is 11.3. The fourth-order valence-electron chi connectivity index (χ4n) is 5.93. The van der Waals surface area contributed by atoms with Crippen LogP contribution in [-0.2, 0) is 13.1 Å². The van der Waals surface area contributed by atoms with Crippen LogP contribution in [0, 0.1) is 27.7 Å². The molecule has 0 spiro atoms. The van der Waals surface area contributed by atoms with Gasteiger partial charge in [0.15, 0.2) is 0 Å². The summed E-state index contributed by atoms with van der Waals surface area (Å²) in [6.45, 7) is 9.29. The largest absolute Gasteiger partial charge is 0.497 e. The van der Waals surface area contributed by atoms with Crippen molar-refractivity contribution in [1.82, 2.24) is 60.0 Å². The van der Waals surface area contributed by atoms with Gasteiger partial charge in [-0.05, 0) is 142 Å². The second kappa shape index (κ2) is 15.8. The van der Waals surface area contributed by atoms with Crippen molar-refractivity contribution in [1.29, 1.82) is 0 Å².